The Morgan fingerprint density at radius 2 is 1.48 bits per heavy atom. The molecule has 0 aliphatic carbocycles. The van der Waals surface area contributed by atoms with Crippen LogP contribution in [0.2, 0.25) is 0 Å². The van der Waals surface area contributed by atoms with E-state index in [1.54, 1.807) is 29.0 Å². The van der Waals surface area contributed by atoms with E-state index in [-0.39, 0.29) is 34.5 Å². The molecule has 0 aliphatic heterocycles. The van der Waals surface area contributed by atoms with E-state index >= 15 is 0 Å². The number of aromatic carboxylic acids is 1. The highest BCUT2D eigenvalue weighted by atomic mass is 16.4. The second-order valence-corrected chi connectivity index (χ2v) is 8.91. The smallest absolute Gasteiger partial charge is 0.341 e. The third-order valence-electron chi connectivity index (χ3n) is 4.48. The van der Waals surface area contributed by atoms with E-state index in [9.17, 15) is 14.7 Å². The second kappa shape index (κ2) is 7.14. The van der Waals surface area contributed by atoms with Crippen LogP contribution in [0.3, 0.4) is 0 Å². The van der Waals surface area contributed by atoms with Gasteiger partial charge in [-0.15, -0.1) is 0 Å². The van der Waals surface area contributed by atoms with Gasteiger partial charge in [-0.3, -0.25) is 4.79 Å². The first-order valence-electron chi connectivity index (χ1n) is 8.94. The molecule has 0 radical (unpaired) electrons. The highest BCUT2D eigenvalue weighted by Gasteiger charge is 2.28. The van der Waals surface area contributed by atoms with Gasteiger partial charge >= 0.3 is 5.97 Å². The average Bonchev–Trinajstić information content (AvgIpc) is 2.52. The number of aromatic nitrogens is 1. The van der Waals surface area contributed by atoms with E-state index < -0.39 is 5.97 Å². The van der Waals surface area contributed by atoms with Gasteiger partial charge < -0.3 is 10.2 Å². The van der Waals surface area contributed by atoms with Crippen molar-refractivity contribution in [3.8, 4) is 5.75 Å². The van der Waals surface area contributed by atoms with Crippen molar-refractivity contribution in [3.05, 3.63) is 58.9 Å². The lowest BCUT2D eigenvalue weighted by Crippen LogP contribution is -2.38. The van der Waals surface area contributed by atoms with Crippen LogP contribution in [0.4, 0.5) is 0 Å². The number of phenols is 1. The van der Waals surface area contributed by atoms with Gasteiger partial charge in [-0.2, -0.15) is 4.57 Å². The summed E-state index contributed by atoms with van der Waals surface area (Å²) in [6.45, 7) is 12.0. The van der Waals surface area contributed by atoms with E-state index in [1.165, 1.54) is 12.3 Å². The minimum atomic E-state index is -1.04. The molecular formula is C22H28NO4+. The zero-order valence-corrected chi connectivity index (χ0v) is 16.8. The van der Waals surface area contributed by atoms with Crippen LogP contribution in [0.15, 0.2) is 36.7 Å². The van der Waals surface area contributed by atoms with Crippen LogP contribution in [0.25, 0.3) is 0 Å². The standard InChI is InChI=1S/C22H27NO4/c1-21(2,3)16-10-15(11-17(19(16)25)22(4,5)6)18(24)13-23-9-7-8-14(12-23)20(26)27/h7-12H,13H2,1-6H3,(H-,24,25,26,27)/p+1. The molecule has 2 N–H and O–H groups in total. The molecule has 2 aromatic rings. The van der Waals surface area contributed by atoms with Crippen molar-refractivity contribution in [2.24, 2.45) is 0 Å². The SMILES string of the molecule is CC(C)(C)c1cc(C(=O)C[n+]2cccc(C(=O)O)c2)cc(C(C)(C)C)c1O. The number of hydrogen-bond acceptors (Lipinski definition) is 3. The van der Waals surface area contributed by atoms with Crippen molar-refractivity contribution >= 4 is 11.8 Å². The third kappa shape index (κ3) is 4.73. The molecular weight excluding hydrogens is 342 g/mol. The Morgan fingerprint density at radius 3 is 1.93 bits per heavy atom. The van der Waals surface area contributed by atoms with E-state index in [2.05, 4.69) is 0 Å². The van der Waals surface area contributed by atoms with Crippen molar-refractivity contribution < 1.29 is 24.4 Å². The van der Waals surface area contributed by atoms with Crippen LogP contribution in [0.5, 0.6) is 5.75 Å². The lowest BCUT2D eigenvalue weighted by Gasteiger charge is -2.27. The van der Waals surface area contributed by atoms with Crippen molar-refractivity contribution in [2.45, 2.75) is 58.9 Å². The van der Waals surface area contributed by atoms with Gasteiger partial charge in [0.05, 0.1) is 0 Å². The Labute approximate surface area is 160 Å². The molecule has 0 aliphatic rings. The molecule has 0 amide bonds. The Bertz CT molecular complexity index is 851. The van der Waals surface area contributed by atoms with Crippen molar-refractivity contribution in [3.63, 3.8) is 0 Å². The van der Waals surface area contributed by atoms with Crippen LogP contribution in [-0.2, 0) is 17.4 Å². The summed E-state index contributed by atoms with van der Waals surface area (Å²) in [5.41, 5.74) is 1.44. The molecule has 1 aromatic carbocycles. The highest BCUT2D eigenvalue weighted by molar-refractivity contribution is 5.96. The summed E-state index contributed by atoms with van der Waals surface area (Å²) in [7, 11) is 0. The maximum absolute atomic E-state index is 12.9. The van der Waals surface area contributed by atoms with Crippen LogP contribution >= 0.6 is 0 Å². The van der Waals surface area contributed by atoms with Gasteiger partial charge in [0.15, 0.2) is 12.4 Å². The maximum Gasteiger partial charge on any atom is 0.341 e. The molecule has 0 spiro atoms. The van der Waals surface area contributed by atoms with Crippen LogP contribution in [0.1, 0.15) is 73.4 Å². The van der Waals surface area contributed by atoms with Crippen molar-refractivity contribution in [1.29, 1.82) is 0 Å². The fraction of sp³-hybridized carbons (Fsp3) is 0.409. The fourth-order valence-corrected chi connectivity index (χ4v) is 2.94. The molecule has 2 rings (SSSR count). The lowest BCUT2D eigenvalue weighted by molar-refractivity contribution is -0.683. The van der Waals surface area contributed by atoms with Crippen LogP contribution < -0.4 is 4.57 Å². The lowest BCUT2D eigenvalue weighted by atomic mass is 9.78. The number of hydrogen-bond donors (Lipinski definition) is 2. The summed E-state index contributed by atoms with van der Waals surface area (Å²) in [5, 5.41) is 19.9. The monoisotopic (exact) mass is 370 g/mol. The predicted octanol–water partition coefficient (Wildman–Crippen LogP) is 3.86. The quantitative estimate of drug-likeness (QED) is 0.633. The minimum absolute atomic E-state index is 0.0268. The summed E-state index contributed by atoms with van der Waals surface area (Å²) in [6.07, 6.45) is 3.11. The van der Waals surface area contributed by atoms with Gasteiger partial charge in [0, 0.05) is 22.8 Å². The zero-order chi connectivity index (χ0) is 20.6. The van der Waals surface area contributed by atoms with Crippen molar-refractivity contribution in [1.82, 2.24) is 0 Å². The average molecular weight is 370 g/mol. The summed E-state index contributed by atoms with van der Waals surface area (Å²) >= 11 is 0. The number of benzene rings is 1. The number of ketones is 1. The molecule has 0 bridgehead atoms. The Morgan fingerprint density at radius 1 is 0.963 bits per heavy atom. The number of phenolic OH excluding ortho intramolecular Hbond substituents is 1. The van der Waals surface area contributed by atoms with Crippen LogP contribution in [-0.4, -0.2) is 22.0 Å². The number of carbonyl (C=O) groups is 2. The normalized spacial score (nSPS) is 12.1. The van der Waals surface area contributed by atoms with Gasteiger partial charge in [-0.1, -0.05) is 41.5 Å². The molecule has 0 atom stereocenters. The summed E-state index contributed by atoms with van der Waals surface area (Å²) < 4.78 is 1.56. The molecule has 144 valence electrons. The molecule has 0 fully saturated rings. The van der Waals surface area contributed by atoms with E-state index in [1.807, 2.05) is 41.5 Å². The summed E-state index contributed by atoms with van der Waals surface area (Å²) in [6, 6.07) is 6.58. The number of carbonyl (C=O) groups excluding carboxylic acids is 1. The number of nitrogens with zero attached hydrogens (tertiary/aromatic N) is 1. The fourth-order valence-electron chi connectivity index (χ4n) is 2.94. The Hall–Kier alpha value is -2.69. The molecule has 0 saturated heterocycles. The number of carboxylic acid groups (broad SMARTS) is 1. The molecule has 5 heteroatoms. The van der Waals surface area contributed by atoms with Gasteiger partial charge in [0.2, 0.25) is 12.3 Å². The molecule has 27 heavy (non-hydrogen) atoms. The molecule has 1 aromatic heterocycles. The first-order chi connectivity index (χ1) is 12.3. The Balaban J connectivity index is 2.50. The highest BCUT2D eigenvalue weighted by Crippen LogP contribution is 2.39. The van der Waals surface area contributed by atoms with Gasteiger partial charge in [-0.05, 0) is 29.0 Å². The van der Waals surface area contributed by atoms with Gasteiger partial charge in [-0.25, -0.2) is 4.79 Å². The Kier molecular flexibility index (Phi) is 5.45. The van der Waals surface area contributed by atoms with Crippen molar-refractivity contribution in [2.75, 3.05) is 0 Å². The number of Topliss-reactive ketones (excluding diaryl/α,β-unsaturated/α-hetero) is 1. The van der Waals surface area contributed by atoms with E-state index in [4.69, 9.17) is 5.11 Å². The number of aromatic hydroxyl groups is 1. The number of rotatable bonds is 4. The molecule has 1 heterocycles. The van der Waals surface area contributed by atoms with Gasteiger partial charge in [0.1, 0.15) is 11.3 Å². The topological polar surface area (TPSA) is 78.5 Å². The first kappa shape index (κ1) is 20.6. The van der Waals surface area contributed by atoms with E-state index in [0.717, 1.165) is 11.1 Å². The largest absolute Gasteiger partial charge is 0.507 e. The number of pyridine rings is 1. The first-order valence-corrected chi connectivity index (χ1v) is 8.94. The number of carboxylic acids is 1. The maximum atomic E-state index is 12.9. The molecule has 0 saturated carbocycles. The molecule has 0 unspecified atom stereocenters. The van der Waals surface area contributed by atoms with Crippen LogP contribution in [0, 0.1) is 0 Å². The molecule has 5 nitrogen and oxygen atoms in total. The second-order valence-electron chi connectivity index (χ2n) is 8.91. The summed E-state index contributed by atoms with van der Waals surface area (Å²) in [4.78, 5) is 24.0. The predicted molar refractivity (Wildman–Crippen MR) is 103 cm³/mol. The minimum Gasteiger partial charge on any atom is -0.507 e. The summed E-state index contributed by atoms with van der Waals surface area (Å²) in [5.74, 6) is -0.947. The zero-order valence-electron chi connectivity index (χ0n) is 16.8. The van der Waals surface area contributed by atoms with E-state index in [0.29, 0.717) is 5.56 Å². The van der Waals surface area contributed by atoms with Gasteiger partial charge in [0.25, 0.3) is 0 Å². The third-order valence-corrected chi connectivity index (χ3v) is 4.48.